The lowest BCUT2D eigenvalue weighted by Crippen LogP contribution is -2.42. The quantitative estimate of drug-likeness (QED) is 0.889. The molecule has 0 bridgehead atoms. The lowest BCUT2D eigenvalue weighted by Gasteiger charge is -2.27. The van der Waals surface area contributed by atoms with Crippen LogP contribution in [0.15, 0.2) is 12.3 Å². The van der Waals surface area contributed by atoms with E-state index in [2.05, 4.69) is 0 Å². The number of carboxylic acids is 1. The minimum Gasteiger partial charge on any atom is -0.478 e. The number of aromatic carboxylic acids is 1. The van der Waals surface area contributed by atoms with Crippen LogP contribution in [0.4, 0.5) is 0 Å². The third-order valence-corrected chi connectivity index (χ3v) is 3.87. The monoisotopic (exact) mass is 278 g/mol. The highest BCUT2D eigenvalue weighted by molar-refractivity contribution is 5.89. The molecular formula is C14H18N2O4. The predicted molar refractivity (Wildman–Crippen MR) is 70.8 cm³/mol. The number of rotatable bonds is 4. The number of hydrogen-bond acceptors (Lipinski definition) is 3. The zero-order valence-electron chi connectivity index (χ0n) is 11.2. The Hall–Kier alpha value is -1.82. The summed E-state index contributed by atoms with van der Waals surface area (Å²) in [4.78, 5) is 25.3. The van der Waals surface area contributed by atoms with Crippen LogP contribution in [0.1, 0.15) is 34.8 Å². The molecule has 1 aliphatic heterocycles. The van der Waals surface area contributed by atoms with Gasteiger partial charge in [-0.1, -0.05) is 0 Å². The first-order valence-corrected chi connectivity index (χ1v) is 6.94. The van der Waals surface area contributed by atoms with Crippen LogP contribution in [0.2, 0.25) is 0 Å². The third kappa shape index (κ3) is 2.56. The highest BCUT2D eigenvalue weighted by Gasteiger charge is 2.32. The van der Waals surface area contributed by atoms with Gasteiger partial charge in [0.05, 0.1) is 18.8 Å². The number of morpholine rings is 1. The Morgan fingerprint density at radius 1 is 1.30 bits per heavy atom. The van der Waals surface area contributed by atoms with Crippen molar-refractivity contribution >= 4 is 11.9 Å². The first-order chi connectivity index (χ1) is 9.66. The van der Waals surface area contributed by atoms with Gasteiger partial charge in [-0.05, 0) is 18.9 Å². The fourth-order valence-corrected chi connectivity index (χ4v) is 2.67. The van der Waals surface area contributed by atoms with Crippen LogP contribution in [0.5, 0.6) is 0 Å². The summed E-state index contributed by atoms with van der Waals surface area (Å²) >= 11 is 0. The van der Waals surface area contributed by atoms with Gasteiger partial charge in [-0.3, -0.25) is 4.79 Å². The van der Waals surface area contributed by atoms with Crippen molar-refractivity contribution in [3.8, 4) is 0 Å². The molecule has 20 heavy (non-hydrogen) atoms. The zero-order chi connectivity index (χ0) is 14.1. The maximum absolute atomic E-state index is 12.2. The molecule has 0 radical (unpaired) electrons. The summed E-state index contributed by atoms with van der Waals surface area (Å²) in [6.07, 6.45) is 3.74. The van der Waals surface area contributed by atoms with Gasteiger partial charge in [-0.2, -0.15) is 0 Å². The molecule has 1 N–H and O–H groups in total. The summed E-state index contributed by atoms with van der Waals surface area (Å²) < 4.78 is 7.03. The molecule has 1 aliphatic carbocycles. The van der Waals surface area contributed by atoms with Crippen LogP contribution in [0, 0.1) is 0 Å². The topological polar surface area (TPSA) is 71.8 Å². The number of carbonyl (C=O) groups is 2. The Bertz CT molecular complexity index is 527. The first kappa shape index (κ1) is 13.2. The van der Waals surface area contributed by atoms with E-state index in [1.165, 1.54) is 0 Å². The van der Waals surface area contributed by atoms with Crippen molar-refractivity contribution in [3.05, 3.63) is 23.5 Å². The number of hydrogen-bond donors (Lipinski definition) is 1. The van der Waals surface area contributed by atoms with Gasteiger partial charge in [0.1, 0.15) is 6.54 Å². The molecule has 0 atom stereocenters. The number of carbonyl (C=O) groups excluding carboxylic acids is 1. The summed E-state index contributed by atoms with van der Waals surface area (Å²) in [5.74, 6) is -0.583. The van der Waals surface area contributed by atoms with Crippen molar-refractivity contribution in [1.29, 1.82) is 0 Å². The maximum atomic E-state index is 12.2. The summed E-state index contributed by atoms with van der Waals surface area (Å²) in [6, 6.07) is 1.60. The van der Waals surface area contributed by atoms with E-state index in [4.69, 9.17) is 4.74 Å². The van der Waals surface area contributed by atoms with Crippen LogP contribution < -0.4 is 0 Å². The van der Waals surface area contributed by atoms with Crippen molar-refractivity contribution in [1.82, 2.24) is 9.47 Å². The summed E-state index contributed by atoms with van der Waals surface area (Å²) in [7, 11) is 0. The highest BCUT2D eigenvalue weighted by Crippen LogP contribution is 2.42. The minimum atomic E-state index is -0.913. The van der Waals surface area contributed by atoms with Crippen molar-refractivity contribution in [3.63, 3.8) is 0 Å². The van der Waals surface area contributed by atoms with E-state index in [0.717, 1.165) is 18.5 Å². The predicted octanol–water partition coefficient (Wildman–Crippen LogP) is 0.923. The molecule has 108 valence electrons. The summed E-state index contributed by atoms with van der Waals surface area (Å²) in [5.41, 5.74) is 1.14. The Morgan fingerprint density at radius 2 is 2.00 bits per heavy atom. The average molecular weight is 278 g/mol. The molecule has 2 heterocycles. The molecule has 6 heteroatoms. The minimum absolute atomic E-state index is 0.0303. The summed E-state index contributed by atoms with van der Waals surface area (Å²) in [5, 5.41) is 9.21. The number of nitrogens with zero attached hydrogens (tertiary/aromatic N) is 2. The van der Waals surface area contributed by atoms with Crippen LogP contribution >= 0.6 is 0 Å². The fourth-order valence-electron chi connectivity index (χ4n) is 2.67. The number of aromatic nitrogens is 1. The van der Waals surface area contributed by atoms with E-state index in [1.54, 1.807) is 21.7 Å². The first-order valence-electron chi connectivity index (χ1n) is 6.94. The Balaban J connectivity index is 1.76. The van der Waals surface area contributed by atoms with Crippen molar-refractivity contribution < 1.29 is 19.4 Å². The van der Waals surface area contributed by atoms with Crippen LogP contribution in [-0.2, 0) is 16.1 Å². The normalized spacial score (nSPS) is 19.1. The molecular weight excluding hydrogens is 260 g/mol. The van der Waals surface area contributed by atoms with Gasteiger partial charge in [0.25, 0.3) is 0 Å². The zero-order valence-corrected chi connectivity index (χ0v) is 11.2. The van der Waals surface area contributed by atoms with Gasteiger partial charge in [0.2, 0.25) is 5.91 Å². The second-order valence-corrected chi connectivity index (χ2v) is 5.32. The van der Waals surface area contributed by atoms with E-state index in [0.29, 0.717) is 37.8 Å². The van der Waals surface area contributed by atoms with Gasteiger partial charge < -0.3 is 19.3 Å². The molecule has 6 nitrogen and oxygen atoms in total. The van der Waals surface area contributed by atoms with Crippen molar-refractivity contribution in [2.24, 2.45) is 0 Å². The second-order valence-electron chi connectivity index (χ2n) is 5.32. The number of carboxylic acid groups (broad SMARTS) is 1. The van der Waals surface area contributed by atoms with Crippen LogP contribution in [0.3, 0.4) is 0 Å². The Morgan fingerprint density at radius 3 is 2.60 bits per heavy atom. The lowest BCUT2D eigenvalue weighted by molar-refractivity contribution is -0.135. The number of amides is 1. The molecule has 1 saturated heterocycles. The van der Waals surface area contributed by atoms with E-state index >= 15 is 0 Å². The van der Waals surface area contributed by atoms with Gasteiger partial charge in [-0.15, -0.1) is 0 Å². The largest absolute Gasteiger partial charge is 0.478 e. The maximum Gasteiger partial charge on any atom is 0.337 e. The molecule has 1 aromatic rings. The molecule has 1 amide bonds. The van der Waals surface area contributed by atoms with E-state index in [1.807, 2.05) is 0 Å². The third-order valence-electron chi connectivity index (χ3n) is 3.87. The van der Waals surface area contributed by atoms with Crippen LogP contribution in [-0.4, -0.2) is 52.8 Å². The standard InChI is InChI=1S/C14H18N2O4/c17-12(15-5-7-20-8-6-15)9-16-4-3-11(14(18)19)13(16)10-1-2-10/h3-4,10H,1-2,5-9H2,(H,18,19). The van der Waals surface area contributed by atoms with E-state index in [9.17, 15) is 14.7 Å². The van der Waals surface area contributed by atoms with Crippen molar-refractivity contribution in [2.45, 2.75) is 25.3 Å². The smallest absolute Gasteiger partial charge is 0.337 e. The Kier molecular flexibility index (Phi) is 3.48. The summed E-state index contributed by atoms with van der Waals surface area (Å²) in [6.45, 7) is 2.61. The molecule has 2 fully saturated rings. The van der Waals surface area contributed by atoms with E-state index in [-0.39, 0.29) is 12.5 Å². The molecule has 1 aromatic heterocycles. The van der Waals surface area contributed by atoms with Gasteiger partial charge in [0, 0.05) is 30.9 Å². The molecule has 0 unspecified atom stereocenters. The lowest BCUT2D eigenvalue weighted by atomic mass is 10.2. The molecule has 3 rings (SSSR count). The average Bonchev–Trinajstić information content (AvgIpc) is 3.20. The van der Waals surface area contributed by atoms with Crippen LogP contribution in [0.25, 0.3) is 0 Å². The second kappa shape index (κ2) is 5.28. The highest BCUT2D eigenvalue weighted by atomic mass is 16.5. The fraction of sp³-hybridized carbons (Fsp3) is 0.571. The number of ether oxygens (including phenoxy) is 1. The van der Waals surface area contributed by atoms with Crippen molar-refractivity contribution in [2.75, 3.05) is 26.3 Å². The molecule has 0 spiro atoms. The Labute approximate surface area is 116 Å². The van der Waals surface area contributed by atoms with Gasteiger partial charge >= 0.3 is 5.97 Å². The SMILES string of the molecule is O=C(O)c1ccn(CC(=O)N2CCOCC2)c1C1CC1. The van der Waals surface area contributed by atoms with Gasteiger partial charge in [0.15, 0.2) is 0 Å². The van der Waals surface area contributed by atoms with E-state index < -0.39 is 5.97 Å². The molecule has 0 aromatic carbocycles. The molecule has 1 saturated carbocycles. The van der Waals surface area contributed by atoms with Gasteiger partial charge in [-0.25, -0.2) is 4.79 Å². The molecule has 2 aliphatic rings.